The van der Waals surface area contributed by atoms with Gasteiger partial charge in [0.2, 0.25) is 0 Å². The summed E-state index contributed by atoms with van der Waals surface area (Å²) in [5.41, 5.74) is 10.4. The van der Waals surface area contributed by atoms with Crippen LogP contribution in [-0.2, 0) is 6.42 Å². The van der Waals surface area contributed by atoms with Crippen LogP contribution in [0.4, 0.5) is 0 Å². The van der Waals surface area contributed by atoms with Crippen LogP contribution in [-0.4, -0.2) is 16.5 Å². The van der Waals surface area contributed by atoms with Crippen LogP contribution < -0.4 is 5.73 Å². The van der Waals surface area contributed by atoms with Crippen molar-refractivity contribution < 1.29 is 0 Å². The molecular formula is C17H18BrN3. The second-order valence-corrected chi connectivity index (χ2v) is 5.98. The SMILES string of the molecule is NCCCCc1c(-c2cccnc2)[nH]c2c(Br)cccc12. The van der Waals surface area contributed by atoms with Gasteiger partial charge in [-0.2, -0.15) is 0 Å². The molecule has 108 valence electrons. The van der Waals surface area contributed by atoms with Crippen LogP contribution in [0.3, 0.4) is 0 Å². The summed E-state index contributed by atoms with van der Waals surface area (Å²) in [6, 6.07) is 10.4. The lowest BCUT2D eigenvalue weighted by Gasteiger charge is -2.04. The number of nitrogens with two attached hydrogens (primary N) is 1. The number of aryl methyl sites for hydroxylation is 1. The Hall–Kier alpha value is -1.65. The average molecular weight is 344 g/mol. The number of rotatable bonds is 5. The van der Waals surface area contributed by atoms with E-state index in [1.165, 1.54) is 16.6 Å². The van der Waals surface area contributed by atoms with Crippen LogP contribution >= 0.6 is 15.9 Å². The molecule has 3 rings (SSSR count). The van der Waals surface area contributed by atoms with Crippen LogP contribution in [0.2, 0.25) is 0 Å². The maximum Gasteiger partial charge on any atom is 0.0606 e. The first kappa shape index (κ1) is 14.3. The van der Waals surface area contributed by atoms with Gasteiger partial charge in [-0.3, -0.25) is 4.98 Å². The molecule has 3 aromatic rings. The molecule has 0 fully saturated rings. The Bertz CT molecular complexity index is 734. The van der Waals surface area contributed by atoms with E-state index in [4.69, 9.17) is 5.73 Å². The maximum atomic E-state index is 5.63. The predicted octanol–water partition coefficient (Wildman–Crippen LogP) is 4.27. The van der Waals surface area contributed by atoms with Crippen LogP contribution in [0.15, 0.2) is 47.2 Å². The Balaban J connectivity index is 2.13. The lowest BCUT2D eigenvalue weighted by atomic mass is 10.0. The smallest absolute Gasteiger partial charge is 0.0606 e. The van der Waals surface area contributed by atoms with Crippen molar-refractivity contribution in [3.05, 3.63) is 52.8 Å². The molecule has 0 saturated carbocycles. The van der Waals surface area contributed by atoms with E-state index < -0.39 is 0 Å². The number of hydrogen-bond donors (Lipinski definition) is 2. The minimum Gasteiger partial charge on any atom is -0.353 e. The minimum absolute atomic E-state index is 0.744. The van der Waals surface area contributed by atoms with E-state index in [-0.39, 0.29) is 0 Å². The number of nitrogens with one attached hydrogen (secondary N) is 1. The second kappa shape index (κ2) is 6.41. The molecule has 0 amide bonds. The first-order valence-electron chi connectivity index (χ1n) is 7.21. The summed E-state index contributed by atoms with van der Waals surface area (Å²) in [4.78, 5) is 7.80. The lowest BCUT2D eigenvalue weighted by molar-refractivity contribution is 0.748. The van der Waals surface area contributed by atoms with E-state index >= 15 is 0 Å². The quantitative estimate of drug-likeness (QED) is 0.679. The maximum absolute atomic E-state index is 5.63. The number of benzene rings is 1. The summed E-state index contributed by atoms with van der Waals surface area (Å²) in [6.07, 6.45) is 6.88. The zero-order valence-corrected chi connectivity index (χ0v) is 13.4. The van der Waals surface area contributed by atoms with Crippen LogP contribution in [0.5, 0.6) is 0 Å². The molecule has 1 aromatic carbocycles. The third kappa shape index (κ3) is 2.87. The molecule has 0 saturated heterocycles. The number of aromatic nitrogens is 2. The zero-order valence-electron chi connectivity index (χ0n) is 11.8. The fourth-order valence-corrected chi connectivity index (χ4v) is 3.17. The highest BCUT2D eigenvalue weighted by molar-refractivity contribution is 9.10. The van der Waals surface area contributed by atoms with Crippen molar-refractivity contribution in [3.8, 4) is 11.3 Å². The van der Waals surface area contributed by atoms with Gasteiger partial charge in [0.1, 0.15) is 0 Å². The topological polar surface area (TPSA) is 54.7 Å². The summed E-state index contributed by atoms with van der Waals surface area (Å²) >= 11 is 3.63. The highest BCUT2D eigenvalue weighted by Crippen LogP contribution is 2.34. The minimum atomic E-state index is 0.744. The number of para-hydroxylation sites is 1. The molecule has 2 aromatic heterocycles. The molecule has 3 nitrogen and oxygen atoms in total. The van der Waals surface area contributed by atoms with Crippen molar-refractivity contribution in [1.82, 2.24) is 9.97 Å². The van der Waals surface area contributed by atoms with E-state index in [0.717, 1.165) is 41.4 Å². The molecule has 2 heterocycles. The highest BCUT2D eigenvalue weighted by Gasteiger charge is 2.14. The van der Waals surface area contributed by atoms with Crippen molar-refractivity contribution in [2.45, 2.75) is 19.3 Å². The fourth-order valence-electron chi connectivity index (χ4n) is 2.70. The Morgan fingerprint density at radius 3 is 2.81 bits per heavy atom. The van der Waals surface area contributed by atoms with Crippen molar-refractivity contribution in [2.75, 3.05) is 6.54 Å². The Morgan fingerprint density at radius 2 is 2.05 bits per heavy atom. The lowest BCUT2D eigenvalue weighted by Crippen LogP contribution is -1.99. The van der Waals surface area contributed by atoms with E-state index in [0.29, 0.717) is 0 Å². The zero-order chi connectivity index (χ0) is 14.7. The van der Waals surface area contributed by atoms with Gasteiger partial charge < -0.3 is 10.7 Å². The van der Waals surface area contributed by atoms with Gasteiger partial charge in [0.05, 0.1) is 11.2 Å². The van der Waals surface area contributed by atoms with Crippen molar-refractivity contribution in [3.63, 3.8) is 0 Å². The second-order valence-electron chi connectivity index (χ2n) is 5.13. The third-order valence-electron chi connectivity index (χ3n) is 3.72. The van der Waals surface area contributed by atoms with E-state index in [1.807, 2.05) is 12.3 Å². The fraction of sp³-hybridized carbons (Fsp3) is 0.235. The summed E-state index contributed by atoms with van der Waals surface area (Å²) in [7, 11) is 0. The van der Waals surface area contributed by atoms with Gasteiger partial charge in [-0.1, -0.05) is 12.1 Å². The normalized spacial score (nSPS) is 11.1. The largest absolute Gasteiger partial charge is 0.353 e. The monoisotopic (exact) mass is 343 g/mol. The van der Waals surface area contributed by atoms with E-state index in [9.17, 15) is 0 Å². The summed E-state index contributed by atoms with van der Waals surface area (Å²) < 4.78 is 1.09. The highest BCUT2D eigenvalue weighted by atomic mass is 79.9. The van der Waals surface area contributed by atoms with Crippen molar-refractivity contribution >= 4 is 26.8 Å². The molecule has 0 aliphatic heterocycles. The summed E-state index contributed by atoms with van der Waals surface area (Å²) in [5.74, 6) is 0. The Morgan fingerprint density at radius 1 is 1.14 bits per heavy atom. The van der Waals surface area contributed by atoms with E-state index in [1.54, 1.807) is 6.20 Å². The van der Waals surface area contributed by atoms with Crippen molar-refractivity contribution in [1.29, 1.82) is 0 Å². The van der Waals surface area contributed by atoms with Gasteiger partial charge >= 0.3 is 0 Å². The number of fused-ring (bicyclic) bond motifs is 1. The molecule has 4 heteroatoms. The molecule has 0 unspecified atom stereocenters. The van der Waals surface area contributed by atoms with Gasteiger partial charge in [-0.15, -0.1) is 0 Å². The molecule has 0 atom stereocenters. The summed E-state index contributed by atoms with van der Waals surface area (Å²) in [6.45, 7) is 0.744. The number of hydrogen-bond acceptors (Lipinski definition) is 2. The van der Waals surface area contributed by atoms with Crippen LogP contribution in [0.1, 0.15) is 18.4 Å². The number of H-pyrrole nitrogens is 1. The molecule has 0 radical (unpaired) electrons. The number of nitrogens with zero attached hydrogens (tertiary/aromatic N) is 1. The molecule has 0 bridgehead atoms. The predicted molar refractivity (Wildman–Crippen MR) is 91.2 cm³/mol. The standard InChI is InChI=1S/C17H18BrN3/c18-15-8-3-7-14-13(6-1-2-9-19)16(21-17(14)15)12-5-4-10-20-11-12/h3-5,7-8,10-11,21H,1-2,6,9,19H2. The van der Waals surface area contributed by atoms with Crippen LogP contribution in [0, 0.1) is 0 Å². The van der Waals surface area contributed by atoms with Crippen molar-refractivity contribution in [2.24, 2.45) is 5.73 Å². The molecular weight excluding hydrogens is 326 g/mol. The molecule has 21 heavy (non-hydrogen) atoms. The third-order valence-corrected chi connectivity index (χ3v) is 4.38. The average Bonchev–Trinajstić information content (AvgIpc) is 2.89. The van der Waals surface area contributed by atoms with Gasteiger partial charge in [0.25, 0.3) is 0 Å². The first-order chi connectivity index (χ1) is 10.3. The Kier molecular flexibility index (Phi) is 4.36. The van der Waals surface area contributed by atoms with Gasteiger partial charge in [-0.25, -0.2) is 0 Å². The molecule has 0 aliphatic carbocycles. The van der Waals surface area contributed by atoms with E-state index in [2.05, 4.69) is 50.2 Å². The molecule has 0 spiro atoms. The number of aromatic amines is 1. The molecule has 3 N–H and O–H groups in total. The van der Waals surface area contributed by atoms with Gasteiger partial charge in [0.15, 0.2) is 0 Å². The number of pyridine rings is 1. The Labute approximate surface area is 132 Å². The molecule has 0 aliphatic rings. The first-order valence-corrected chi connectivity index (χ1v) is 8.00. The van der Waals surface area contributed by atoms with Gasteiger partial charge in [-0.05, 0) is 65.5 Å². The number of halogens is 1. The summed E-state index contributed by atoms with van der Waals surface area (Å²) in [5, 5.41) is 1.28. The van der Waals surface area contributed by atoms with Gasteiger partial charge in [0, 0.05) is 27.8 Å². The van der Waals surface area contributed by atoms with Crippen LogP contribution in [0.25, 0.3) is 22.2 Å². The number of unbranched alkanes of at least 4 members (excludes halogenated alkanes) is 1.